The lowest BCUT2D eigenvalue weighted by Crippen LogP contribution is -2.65. The summed E-state index contributed by atoms with van der Waals surface area (Å²) in [6.07, 6.45) is 1.71. The van der Waals surface area contributed by atoms with Crippen molar-refractivity contribution in [1.29, 1.82) is 0 Å². The number of ketones is 1. The van der Waals surface area contributed by atoms with E-state index in [4.69, 9.17) is 4.74 Å². The van der Waals surface area contributed by atoms with Crippen LogP contribution in [-0.4, -0.2) is 73.4 Å². The van der Waals surface area contributed by atoms with Crippen LogP contribution in [-0.2, 0) is 14.3 Å². The van der Waals surface area contributed by atoms with Crippen molar-refractivity contribution >= 4 is 11.8 Å². The van der Waals surface area contributed by atoms with Gasteiger partial charge in [-0.15, -0.1) is 0 Å². The first kappa shape index (κ1) is 21.6. The highest BCUT2D eigenvalue weighted by molar-refractivity contribution is 6.04. The fourth-order valence-electron chi connectivity index (χ4n) is 6.93. The lowest BCUT2D eigenvalue weighted by Gasteiger charge is -2.52. The summed E-state index contributed by atoms with van der Waals surface area (Å²) in [6, 6.07) is 0. The molecule has 1 unspecified atom stereocenters. The Morgan fingerprint density at radius 1 is 1.27 bits per heavy atom. The van der Waals surface area contributed by atoms with E-state index in [0.29, 0.717) is 11.1 Å². The minimum absolute atomic E-state index is 0.147. The van der Waals surface area contributed by atoms with Gasteiger partial charge in [-0.05, 0) is 18.1 Å². The number of carbonyl (C=O) groups excluding carboxylic acids is 2. The molecule has 0 amide bonds. The van der Waals surface area contributed by atoms with Crippen LogP contribution in [0, 0.1) is 29.1 Å². The lowest BCUT2D eigenvalue weighted by atomic mass is 9.59. The predicted octanol–water partition coefficient (Wildman–Crippen LogP) is -0.527. The zero-order chi connectivity index (χ0) is 22.4. The second kappa shape index (κ2) is 6.23. The Morgan fingerprint density at radius 3 is 2.43 bits per heavy atom. The van der Waals surface area contributed by atoms with Crippen LogP contribution in [0.2, 0.25) is 0 Å². The third-order valence-corrected chi connectivity index (χ3v) is 8.43. The fraction of sp³-hybridized carbons (Fsp3) is 0.727. The van der Waals surface area contributed by atoms with E-state index in [1.54, 1.807) is 32.9 Å². The number of ether oxygens (including phenoxy) is 1. The molecule has 0 heterocycles. The molecule has 0 radical (unpaired) electrons. The van der Waals surface area contributed by atoms with Crippen molar-refractivity contribution in [3.8, 4) is 0 Å². The van der Waals surface area contributed by atoms with Gasteiger partial charge in [-0.1, -0.05) is 26.0 Å². The predicted molar refractivity (Wildman–Crippen MR) is 104 cm³/mol. The largest absolute Gasteiger partial charge is 0.455 e. The molecule has 4 aliphatic carbocycles. The lowest BCUT2D eigenvalue weighted by molar-refractivity contribution is -0.219. The van der Waals surface area contributed by atoms with Gasteiger partial charge in [-0.25, -0.2) is 0 Å². The Kier molecular flexibility index (Phi) is 4.50. The Labute approximate surface area is 174 Å². The molecule has 2 fully saturated rings. The molecule has 5 N–H and O–H groups in total. The summed E-state index contributed by atoms with van der Waals surface area (Å²) in [5, 5.41) is 54.9. The molecule has 0 aromatic carbocycles. The number of esters is 1. The first-order valence-electron chi connectivity index (χ1n) is 10.3. The van der Waals surface area contributed by atoms with Gasteiger partial charge in [0, 0.05) is 42.4 Å². The molecule has 8 heteroatoms. The molecule has 0 aromatic rings. The van der Waals surface area contributed by atoms with Crippen molar-refractivity contribution in [2.75, 3.05) is 13.2 Å². The van der Waals surface area contributed by atoms with Gasteiger partial charge in [0.25, 0.3) is 0 Å². The average Bonchev–Trinajstić information content (AvgIpc) is 3.17. The van der Waals surface area contributed by atoms with Crippen molar-refractivity contribution in [2.45, 2.75) is 57.0 Å². The molecule has 2 saturated carbocycles. The van der Waals surface area contributed by atoms with Gasteiger partial charge in [-0.3, -0.25) is 9.59 Å². The van der Waals surface area contributed by atoms with Crippen molar-refractivity contribution in [1.82, 2.24) is 0 Å². The van der Waals surface area contributed by atoms with Gasteiger partial charge in [0.15, 0.2) is 11.4 Å². The van der Waals surface area contributed by atoms with E-state index in [2.05, 4.69) is 0 Å². The van der Waals surface area contributed by atoms with Crippen LogP contribution in [0.25, 0.3) is 0 Å². The van der Waals surface area contributed by atoms with Crippen LogP contribution in [0.1, 0.15) is 34.1 Å². The molecule has 0 aromatic heterocycles. The number of fused-ring (bicyclic) bond motifs is 5. The van der Waals surface area contributed by atoms with Gasteiger partial charge in [0.2, 0.25) is 0 Å². The van der Waals surface area contributed by atoms with Crippen LogP contribution < -0.4 is 0 Å². The minimum atomic E-state index is -1.94. The van der Waals surface area contributed by atoms with E-state index < -0.39 is 77.0 Å². The molecule has 4 rings (SSSR count). The molecule has 0 spiro atoms. The smallest absolute Gasteiger partial charge is 0.303 e. The number of aliphatic hydroxyl groups is 5. The molecular formula is C22H30O8. The highest BCUT2D eigenvalue weighted by Crippen LogP contribution is 2.76. The van der Waals surface area contributed by atoms with Crippen LogP contribution in [0.4, 0.5) is 0 Å². The summed E-state index contributed by atoms with van der Waals surface area (Å²) in [5.74, 6) is -4.50. The summed E-state index contributed by atoms with van der Waals surface area (Å²) in [5.41, 5.74) is -5.46. The zero-order valence-corrected chi connectivity index (χ0v) is 17.6. The summed E-state index contributed by atoms with van der Waals surface area (Å²) in [7, 11) is 0. The Hall–Kier alpha value is -1.58. The third kappa shape index (κ3) is 2.18. The number of hydrogen-bond acceptors (Lipinski definition) is 8. The summed E-state index contributed by atoms with van der Waals surface area (Å²) >= 11 is 0. The number of carbonyl (C=O) groups is 2. The normalized spacial score (nSPS) is 51.8. The second-order valence-electron chi connectivity index (χ2n) is 9.83. The van der Waals surface area contributed by atoms with Crippen molar-refractivity contribution in [3.63, 3.8) is 0 Å². The van der Waals surface area contributed by atoms with E-state index in [1.165, 1.54) is 6.92 Å². The van der Waals surface area contributed by atoms with Crippen LogP contribution in [0.3, 0.4) is 0 Å². The van der Waals surface area contributed by atoms with Crippen LogP contribution >= 0.6 is 0 Å². The van der Waals surface area contributed by atoms with Crippen molar-refractivity contribution in [3.05, 3.63) is 23.3 Å². The maximum absolute atomic E-state index is 12.9. The number of rotatable bonds is 3. The minimum Gasteiger partial charge on any atom is -0.455 e. The number of hydrogen-bond donors (Lipinski definition) is 5. The highest BCUT2D eigenvalue weighted by atomic mass is 16.6. The van der Waals surface area contributed by atoms with E-state index >= 15 is 0 Å². The van der Waals surface area contributed by atoms with Gasteiger partial charge >= 0.3 is 5.97 Å². The summed E-state index contributed by atoms with van der Waals surface area (Å²) in [6.45, 7) is 5.26. The van der Waals surface area contributed by atoms with Gasteiger partial charge in [0.1, 0.15) is 11.7 Å². The van der Waals surface area contributed by atoms with Crippen molar-refractivity contribution in [2.24, 2.45) is 29.1 Å². The summed E-state index contributed by atoms with van der Waals surface area (Å²) < 4.78 is 5.63. The van der Waals surface area contributed by atoms with E-state index in [-0.39, 0.29) is 6.42 Å². The van der Waals surface area contributed by atoms with E-state index in [9.17, 15) is 35.1 Å². The molecule has 9 atom stereocenters. The molecular weight excluding hydrogens is 392 g/mol. The second-order valence-corrected chi connectivity index (χ2v) is 9.83. The fourth-order valence-corrected chi connectivity index (χ4v) is 6.93. The zero-order valence-electron chi connectivity index (χ0n) is 17.6. The van der Waals surface area contributed by atoms with Crippen LogP contribution in [0.15, 0.2) is 23.3 Å². The maximum Gasteiger partial charge on any atom is 0.303 e. The first-order chi connectivity index (χ1) is 13.9. The number of Topliss-reactive ketones (excluding diaryl/α,β-unsaturated/α-hetero) is 1. The number of aliphatic hydroxyl groups excluding tert-OH is 3. The standard InChI is InChI=1S/C22H30O8/c1-10-5-15-20(28,17(10)26)7-13(8-23)6-14-16-19(4,9-24)22(16,30-12(3)25)18(27)11(2)21(14,15)29/h5-6,11,14-16,18,23-24,27-29H,7-9H2,1-4H3/t11-,14+,15-,16-,18-,19?,20-,21-,22-/m1/s1. The Balaban J connectivity index is 1.96. The molecule has 0 aliphatic heterocycles. The third-order valence-electron chi connectivity index (χ3n) is 8.43. The molecule has 0 saturated heterocycles. The summed E-state index contributed by atoms with van der Waals surface area (Å²) in [4.78, 5) is 24.8. The highest BCUT2D eigenvalue weighted by Gasteiger charge is 2.88. The topological polar surface area (TPSA) is 145 Å². The van der Waals surface area contributed by atoms with Gasteiger partial charge < -0.3 is 30.3 Å². The average molecular weight is 422 g/mol. The molecule has 8 nitrogen and oxygen atoms in total. The van der Waals surface area contributed by atoms with Gasteiger partial charge in [0.05, 0.1) is 18.8 Å². The first-order valence-corrected chi connectivity index (χ1v) is 10.3. The molecule has 4 aliphatic rings. The van der Waals surface area contributed by atoms with Gasteiger partial charge in [-0.2, -0.15) is 0 Å². The van der Waals surface area contributed by atoms with E-state index in [0.717, 1.165) is 0 Å². The van der Waals surface area contributed by atoms with Crippen LogP contribution in [0.5, 0.6) is 0 Å². The SMILES string of the molecule is CC(=O)O[C@@]12[C@H](O)[C@@H](C)[C@@]3(O)[C@@H](C=C(CO)C[C@]4(O)C(=O)C(C)=C[C@@H]34)[C@@H]1C2(C)CO. The molecule has 30 heavy (non-hydrogen) atoms. The monoisotopic (exact) mass is 422 g/mol. The Bertz CT molecular complexity index is 878. The van der Waals surface area contributed by atoms with Crippen molar-refractivity contribution < 1.29 is 39.9 Å². The molecule has 0 bridgehead atoms. The quantitative estimate of drug-likeness (QED) is 0.302. The maximum atomic E-state index is 12.9. The molecule has 166 valence electrons. The van der Waals surface area contributed by atoms with E-state index in [1.807, 2.05) is 0 Å². The Morgan fingerprint density at radius 2 is 1.90 bits per heavy atom.